The fraction of sp³-hybridized carbons (Fsp3) is 0.417. The quantitative estimate of drug-likeness (QED) is 0.153. The minimum Gasteiger partial charge on any atom is -0.422 e. The number of aromatic nitrogens is 9. The van der Waals surface area contributed by atoms with Crippen molar-refractivity contribution in [3.63, 3.8) is 0 Å². The highest BCUT2D eigenvalue weighted by Crippen LogP contribution is 2.62. The van der Waals surface area contributed by atoms with Gasteiger partial charge in [-0.05, 0) is 24.6 Å². The number of fused-ring (bicyclic) bond motifs is 6. The van der Waals surface area contributed by atoms with Gasteiger partial charge in [0.15, 0.2) is 23.2 Å². The first kappa shape index (κ1) is 30.1. The smallest absolute Gasteiger partial charge is 0.422 e. The average Bonchev–Trinajstić information content (AvgIpc) is 3.77. The fourth-order valence-electron chi connectivity index (χ4n) is 6.35. The second-order valence-electron chi connectivity index (χ2n) is 11.2. The van der Waals surface area contributed by atoms with Crippen molar-refractivity contribution >= 4 is 72.0 Å². The maximum absolute atomic E-state index is 13.6. The van der Waals surface area contributed by atoms with Crippen molar-refractivity contribution < 1.29 is 32.0 Å². The van der Waals surface area contributed by atoms with E-state index in [4.69, 9.17) is 28.6 Å². The molecule has 0 aromatic carbocycles. The molecule has 242 valence electrons. The molecule has 0 unspecified atom stereocenters. The number of aromatic amines is 1. The Morgan fingerprint density at radius 2 is 1.78 bits per heavy atom. The topological polar surface area (TPSA) is 218 Å². The first-order chi connectivity index (χ1) is 22.0. The normalized spacial score (nSPS) is 33.9. The predicted octanol–water partition coefficient (Wildman–Crippen LogP) is 3.30. The Morgan fingerprint density at radius 1 is 1.00 bits per heavy atom. The van der Waals surface area contributed by atoms with E-state index in [1.165, 1.54) is 29.4 Å². The Balaban J connectivity index is 1.10. The summed E-state index contributed by atoms with van der Waals surface area (Å²) in [5.74, 6) is -0.162. The van der Waals surface area contributed by atoms with Gasteiger partial charge in [0, 0.05) is 30.8 Å². The molecule has 5 aromatic heterocycles. The number of nitrogen functional groups attached to an aromatic ring is 1. The zero-order chi connectivity index (χ0) is 32.0. The van der Waals surface area contributed by atoms with Gasteiger partial charge in [-0.15, -0.1) is 0 Å². The molecular weight excluding hydrogens is 682 g/mol. The molecule has 3 aliphatic rings. The summed E-state index contributed by atoms with van der Waals surface area (Å²) in [6.07, 6.45) is 5.36. The lowest BCUT2D eigenvalue weighted by Gasteiger charge is -2.45. The second-order valence-corrected chi connectivity index (χ2v) is 16.9. The maximum Gasteiger partial charge on any atom is 0.436 e. The van der Waals surface area contributed by atoms with E-state index in [0.717, 1.165) is 0 Å². The third-order valence-electron chi connectivity index (χ3n) is 8.46. The van der Waals surface area contributed by atoms with Crippen molar-refractivity contribution in [1.82, 2.24) is 43.4 Å². The zero-order valence-electron chi connectivity index (χ0n) is 23.6. The molecule has 0 spiro atoms. The molecule has 3 fully saturated rings. The molecule has 8 atom stereocenters. The Hall–Kier alpha value is -3.22. The van der Waals surface area contributed by atoms with Crippen LogP contribution in [0.1, 0.15) is 25.1 Å². The van der Waals surface area contributed by atoms with Gasteiger partial charge in [-0.1, -0.05) is 18.8 Å². The highest BCUT2D eigenvalue weighted by atomic mass is 32.7. The Kier molecular flexibility index (Phi) is 7.15. The zero-order valence-corrected chi connectivity index (χ0v) is 27.2. The van der Waals surface area contributed by atoms with Gasteiger partial charge in [0.1, 0.15) is 29.4 Å². The van der Waals surface area contributed by atoms with Crippen molar-refractivity contribution in [2.24, 2.45) is 11.8 Å². The molecule has 2 bridgehead atoms. The summed E-state index contributed by atoms with van der Waals surface area (Å²) in [6.45, 7) is -4.24. The maximum atomic E-state index is 13.6. The number of H-pyrrole nitrogens is 1. The number of allylic oxidation sites excluding steroid dienone is 1. The second kappa shape index (κ2) is 10.9. The van der Waals surface area contributed by atoms with E-state index in [-0.39, 0.29) is 54.5 Å². The highest BCUT2D eigenvalue weighted by molar-refractivity contribution is 8.44. The van der Waals surface area contributed by atoms with Crippen LogP contribution in [-0.2, 0) is 32.0 Å². The summed E-state index contributed by atoms with van der Waals surface area (Å²) >= 11 is 8.49. The summed E-state index contributed by atoms with van der Waals surface area (Å²) < 4.78 is 61.2. The van der Waals surface area contributed by atoms with Crippen molar-refractivity contribution in [1.29, 1.82) is 0 Å². The molecule has 18 nitrogen and oxygen atoms in total. The fourth-order valence-corrected chi connectivity index (χ4v) is 9.23. The molecule has 46 heavy (non-hydrogen) atoms. The number of hydrogen-bond acceptors (Lipinski definition) is 14. The van der Waals surface area contributed by atoms with E-state index < -0.39 is 43.5 Å². The van der Waals surface area contributed by atoms with E-state index in [2.05, 4.69) is 61.0 Å². The van der Waals surface area contributed by atoms with Crippen LogP contribution in [0, 0.1) is 11.8 Å². The van der Waals surface area contributed by atoms with E-state index >= 15 is 0 Å². The van der Waals surface area contributed by atoms with Crippen LogP contribution in [0.2, 0.25) is 0 Å². The molecule has 2 saturated heterocycles. The third kappa shape index (κ3) is 5.07. The average molecular weight is 709 g/mol. The Labute approximate surface area is 269 Å². The van der Waals surface area contributed by atoms with Gasteiger partial charge in [-0.3, -0.25) is 18.4 Å². The molecular formula is C24H26N10O8P2S2. The van der Waals surface area contributed by atoms with Crippen LogP contribution in [0.25, 0.3) is 28.1 Å². The minimum absolute atomic E-state index is 0.0628. The summed E-state index contributed by atoms with van der Waals surface area (Å²) in [5, 5.41) is 0. The molecule has 7 heterocycles. The SMILES string of the molecule is C=C1O[P@](=O)(S)OC[C@@H]2C[C@@H](O[P@](=O)(S)OC[C@H]3C[C@@H](n4cnc5c(N)ncnc54)[C@H]13)[C@H](n1cnc3c(=O)n4ccnc4[nH]c31)O2. The lowest BCUT2D eigenvalue weighted by Crippen LogP contribution is -2.42. The first-order valence-electron chi connectivity index (χ1n) is 14.0. The van der Waals surface area contributed by atoms with Crippen molar-refractivity contribution in [2.75, 3.05) is 18.9 Å². The number of nitrogens with zero attached hydrogens (tertiary/aromatic N) is 8. The highest BCUT2D eigenvalue weighted by Gasteiger charge is 2.49. The molecule has 2 aliphatic heterocycles. The number of thiol groups is 2. The van der Waals surface area contributed by atoms with E-state index in [0.29, 0.717) is 23.2 Å². The Bertz CT molecular complexity index is 2190. The van der Waals surface area contributed by atoms with Crippen molar-refractivity contribution in [2.45, 2.75) is 37.3 Å². The number of imidazole rings is 3. The van der Waals surface area contributed by atoms with Crippen LogP contribution >= 0.6 is 38.1 Å². The first-order valence-corrected chi connectivity index (χ1v) is 19.4. The summed E-state index contributed by atoms with van der Waals surface area (Å²) in [5.41, 5.74) is 6.95. The van der Waals surface area contributed by atoms with Gasteiger partial charge in [0.05, 0.1) is 32.0 Å². The summed E-state index contributed by atoms with van der Waals surface area (Å²) in [6, 6.07) is -0.302. The standard InChI is InChI=1S/C24H26N10O8P2S2/c1-11-16-12(4-14(16)33-9-29-17-19(25)27-8-28-20(17)33)6-38-44(37,46)42-15-5-13(7-39-43(36,45)41-11)40-23(15)34-10-30-18-21(34)31-24-26-2-3-32(24)22(18)35/h2-3,8-10,12-16,23H,1,4-7H2,(H,26,31)(H,36,45)(H,37,46)(H2,25,27,28)/t12-,13+,14-,15-,16-,23-,43-,44-/m1/s1. The summed E-state index contributed by atoms with van der Waals surface area (Å²) in [4.78, 5) is 37.1. The minimum atomic E-state index is -4.00. The van der Waals surface area contributed by atoms with Gasteiger partial charge in [-0.25, -0.2) is 38.5 Å². The van der Waals surface area contributed by atoms with Crippen LogP contribution in [-0.4, -0.2) is 68.9 Å². The number of anilines is 1. The van der Waals surface area contributed by atoms with Crippen LogP contribution in [0.5, 0.6) is 0 Å². The van der Waals surface area contributed by atoms with E-state index in [1.54, 1.807) is 10.9 Å². The summed E-state index contributed by atoms with van der Waals surface area (Å²) in [7, 11) is 0. The molecule has 5 aromatic rings. The predicted molar refractivity (Wildman–Crippen MR) is 168 cm³/mol. The van der Waals surface area contributed by atoms with Crippen molar-refractivity contribution in [3.8, 4) is 0 Å². The van der Waals surface area contributed by atoms with Crippen molar-refractivity contribution in [3.05, 3.63) is 54.1 Å². The molecule has 3 N–H and O–H groups in total. The van der Waals surface area contributed by atoms with Crippen LogP contribution < -0.4 is 11.3 Å². The van der Waals surface area contributed by atoms with Crippen LogP contribution in [0.4, 0.5) is 5.82 Å². The van der Waals surface area contributed by atoms with Gasteiger partial charge in [-0.2, -0.15) is 0 Å². The van der Waals surface area contributed by atoms with Crippen LogP contribution in [0.3, 0.4) is 0 Å². The molecule has 0 amide bonds. The lowest BCUT2D eigenvalue weighted by molar-refractivity contribution is -0.0425. The number of rotatable bonds is 2. The van der Waals surface area contributed by atoms with E-state index in [1.807, 2.05) is 4.57 Å². The molecule has 1 saturated carbocycles. The number of nitrogens with two attached hydrogens (primary N) is 1. The molecule has 22 heteroatoms. The third-order valence-corrected chi connectivity index (χ3v) is 11.6. The largest absolute Gasteiger partial charge is 0.436 e. The molecule has 1 aliphatic carbocycles. The Morgan fingerprint density at radius 3 is 2.63 bits per heavy atom. The number of nitrogens with one attached hydrogen (secondary N) is 1. The number of ether oxygens (including phenoxy) is 1. The lowest BCUT2D eigenvalue weighted by atomic mass is 9.68. The van der Waals surface area contributed by atoms with Gasteiger partial charge in [0.2, 0.25) is 5.78 Å². The van der Waals surface area contributed by atoms with Gasteiger partial charge < -0.3 is 29.1 Å². The van der Waals surface area contributed by atoms with Crippen LogP contribution in [0.15, 0.2) is 48.5 Å². The van der Waals surface area contributed by atoms with Gasteiger partial charge in [0.25, 0.3) is 5.56 Å². The monoisotopic (exact) mass is 708 g/mol. The molecule has 0 radical (unpaired) electrons. The van der Waals surface area contributed by atoms with E-state index in [9.17, 15) is 13.9 Å². The number of hydrogen-bond donors (Lipinski definition) is 4. The molecule has 8 rings (SSSR count). The van der Waals surface area contributed by atoms with Gasteiger partial charge >= 0.3 is 13.6 Å².